The summed E-state index contributed by atoms with van der Waals surface area (Å²) >= 11 is 6.51. The van der Waals surface area contributed by atoms with Crippen molar-refractivity contribution in [3.63, 3.8) is 0 Å². The first-order valence-corrected chi connectivity index (χ1v) is 8.30. The van der Waals surface area contributed by atoms with Gasteiger partial charge in [0.25, 0.3) is 5.91 Å². The molecule has 0 aliphatic carbocycles. The molecule has 0 spiro atoms. The van der Waals surface area contributed by atoms with Gasteiger partial charge in [-0.15, -0.1) is 47.5 Å². The molecule has 2 aromatic rings. The van der Waals surface area contributed by atoms with E-state index in [1.54, 1.807) is 16.7 Å². The molecule has 0 saturated carbocycles. The van der Waals surface area contributed by atoms with Crippen molar-refractivity contribution in [3.8, 4) is 9.88 Å². The minimum Gasteiger partial charge on any atom is -0.349 e. The van der Waals surface area contributed by atoms with Crippen molar-refractivity contribution in [2.45, 2.75) is 13.0 Å². The summed E-state index contributed by atoms with van der Waals surface area (Å²) in [4.78, 5) is 17.4. The maximum atomic E-state index is 11.9. The number of hydrogen-bond acceptors (Lipinski definition) is 5. The number of hydrogen-bond donors (Lipinski definition) is 2. The topological polar surface area (TPSA) is 54.0 Å². The Hall–Kier alpha value is -0.180. The molecular formula is C12H16BrCl2N3OS2. The number of aromatic nitrogens is 1. The Labute approximate surface area is 152 Å². The van der Waals surface area contributed by atoms with Gasteiger partial charge in [0.2, 0.25) is 0 Å². The van der Waals surface area contributed by atoms with E-state index in [2.05, 4.69) is 31.5 Å². The van der Waals surface area contributed by atoms with E-state index in [4.69, 9.17) is 0 Å². The van der Waals surface area contributed by atoms with Gasteiger partial charge in [-0.05, 0) is 36.0 Å². The van der Waals surface area contributed by atoms with E-state index in [-0.39, 0.29) is 36.8 Å². The quantitative estimate of drug-likeness (QED) is 0.754. The molecule has 9 heteroatoms. The normalized spacial score (nSPS) is 11.2. The summed E-state index contributed by atoms with van der Waals surface area (Å²) in [6, 6.07) is 2.25. The third-order valence-electron chi connectivity index (χ3n) is 2.58. The number of halogens is 3. The highest BCUT2D eigenvalue weighted by Gasteiger charge is 2.13. The Morgan fingerprint density at radius 1 is 1.38 bits per heavy atom. The highest BCUT2D eigenvalue weighted by molar-refractivity contribution is 9.10. The Balaban J connectivity index is 0.00000200. The molecule has 2 N–H and O–H groups in total. The maximum absolute atomic E-state index is 11.9. The molecule has 2 aromatic heterocycles. The second-order valence-corrected chi connectivity index (χ2v) is 6.75. The van der Waals surface area contributed by atoms with Crippen molar-refractivity contribution < 1.29 is 4.79 Å². The van der Waals surface area contributed by atoms with Crippen LogP contribution in [0.25, 0.3) is 9.88 Å². The molecule has 2 heterocycles. The second-order valence-electron chi connectivity index (χ2n) is 4.07. The average molecular weight is 433 g/mol. The third kappa shape index (κ3) is 5.84. The van der Waals surface area contributed by atoms with E-state index < -0.39 is 0 Å². The first-order valence-electron chi connectivity index (χ1n) is 5.75. The van der Waals surface area contributed by atoms with Gasteiger partial charge in [-0.3, -0.25) is 4.79 Å². The monoisotopic (exact) mass is 431 g/mol. The Kier molecular flexibility index (Phi) is 9.68. The number of nitrogens with zero attached hydrogens (tertiary/aromatic N) is 1. The van der Waals surface area contributed by atoms with Crippen LogP contribution in [0.4, 0.5) is 0 Å². The molecule has 1 atom stereocenters. The number of thiazole rings is 1. The van der Waals surface area contributed by atoms with Crippen LogP contribution < -0.4 is 10.6 Å². The van der Waals surface area contributed by atoms with Gasteiger partial charge in [0.1, 0.15) is 10.7 Å². The molecule has 2 rings (SSSR count). The van der Waals surface area contributed by atoms with Gasteiger partial charge >= 0.3 is 0 Å². The van der Waals surface area contributed by atoms with E-state index in [1.165, 1.54) is 11.3 Å². The summed E-state index contributed by atoms with van der Waals surface area (Å²) in [7, 11) is 1.87. The van der Waals surface area contributed by atoms with Crippen LogP contribution in [0, 0.1) is 0 Å². The van der Waals surface area contributed by atoms with Crippen LogP contribution in [0.3, 0.4) is 0 Å². The lowest BCUT2D eigenvalue weighted by atomic mass is 10.3. The molecule has 0 aliphatic heterocycles. The fourth-order valence-corrected chi connectivity index (χ4v) is 3.66. The van der Waals surface area contributed by atoms with Gasteiger partial charge in [-0.25, -0.2) is 4.98 Å². The number of amides is 1. The van der Waals surface area contributed by atoms with Crippen molar-refractivity contribution in [2.24, 2.45) is 0 Å². The van der Waals surface area contributed by atoms with Gasteiger partial charge in [-0.1, -0.05) is 0 Å². The summed E-state index contributed by atoms with van der Waals surface area (Å²) in [6.45, 7) is 2.60. The molecule has 4 nitrogen and oxygen atoms in total. The molecule has 0 aliphatic rings. The summed E-state index contributed by atoms with van der Waals surface area (Å²) in [5.74, 6) is -0.125. The second kappa shape index (κ2) is 9.76. The van der Waals surface area contributed by atoms with Gasteiger partial charge < -0.3 is 10.6 Å². The van der Waals surface area contributed by atoms with Gasteiger partial charge in [0, 0.05) is 27.8 Å². The third-order valence-corrected chi connectivity index (χ3v) is 5.28. The molecule has 21 heavy (non-hydrogen) atoms. The van der Waals surface area contributed by atoms with Crippen molar-refractivity contribution in [2.75, 3.05) is 13.6 Å². The molecule has 1 amide bonds. The largest absolute Gasteiger partial charge is 0.349 e. The fraction of sp³-hybridized carbons (Fsp3) is 0.333. The minimum atomic E-state index is -0.125. The lowest BCUT2D eigenvalue weighted by Crippen LogP contribution is -2.37. The van der Waals surface area contributed by atoms with Crippen molar-refractivity contribution in [3.05, 3.63) is 27.0 Å². The maximum Gasteiger partial charge on any atom is 0.270 e. The Bertz CT molecular complexity index is 576. The zero-order chi connectivity index (χ0) is 13.8. The first-order chi connectivity index (χ1) is 9.10. The van der Waals surface area contributed by atoms with Gasteiger partial charge in [-0.2, -0.15) is 0 Å². The summed E-state index contributed by atoms with van der Waals surface area (Å²) in [5.41, 5.74) is 0.479. The minimum absolute atomic E-state index is 0. The van der Waals surface area contributed by atoms with Crippen molar-refractivity contribution in [1.29, 1.82) is 0 Å². The lowest BCUT2D eigenvalue weighted by molar-refractivity contribution is 0.0946. The number of thiophene rings is 1. The van der Waals surface area contributed by atoms with Crippen LogP contribution in [0.1, 0.15) is 17.4 Å². The van der Waals surface area contributed by atoms with Gasteiger partial charge in [0.05, 0.1) is 4.88 Å². The Morgan fingerprint density at radius 2 is 2.10 bits per heavy atom. The molecule has 118 valence electrons. The van der Waals surface area contributed by atoms with E-state index in [1.807, 2.05) is 25.4 Å². The summed E-state index contributed by atoms with van der Waals surface area (Å²) in [5, 5.41) is 10.6. The SMILES string of the molecule is CNC(C)CNC(=O)c1csc(-c2cc(Br)cs2)n1.Cl.Cl. The van der Waals surface area contributed by atoms with Crippen LogP contribution in [-0.2, 0) is 0 Å². The molecule has 1 unspecified atom stereocenters. The zero-order valence-electron chi connectivity index (χ0n) is 11.4. The molecule has 0 bridgehead atoms. The molecular weight excluding hydrogens is 417 g/mol. The summed E-state index contributed by atoms with van der Waals surface area (Å²) < 4.78 is 1.04. The van der Waals surface area contributed by atoms with Crippen LogP contribution in [-0.4, -0.2) is 30.5 Å². The predicted molar refractivity (Wildman–Crippen MR) is 98.5 cm³/mol. The highest BCUT2D eigenvalue weighted by atomic mass is 79.9. The smallest absolute Gasteiger partial charge is 0.270 e. The average Bonchev–Trinajstić information content (AvgIpc) is 3.03. The van der Waals surface area contributed by atoms with E-state index in [9.17, 15) is 4.79 Å². The first kappa shape index (κ1) is 20.8. The fourth-order valence-electron chi connectivity index (χ4n) is 1.35. The highest BCUT2D eigenvalue weighted by Crippen LogP contribution is 2.31. The van der Waals surface area contributed by atoms with Crippen LogP contribution in [0.5, 0.6) is 0 Å². The van der Waals surface area contributed by atoms with E-state index in [0.717, 1.165) is 14.4 Å². The van der Waals surface area contributed by atoms with Crippen LogP contribution in [0.2, 0.25) is 0 Å². The van der Waals surface area contributed by atoms with E-state index in [0.29, 0.717) is 12.2 Å². The standard InChI is InChI=1S/C12H14BrN3OS2.2ClH/c1-7(14-2)4-15-11(17)9-6-19-12(16-9)10-3-8(13)5-18-10;;/h3,5-7,14H,4H2,1-2H3,(H,15,17);2*1H. The number of nitrogens with one attached hydrogen (secondary N) is 2. The molecule has 0 aromatic carbocycles. The van der Waals surface area contributed by atoms with Crippen molar-refractivity contribution >= 4 is 69.3 Å². The number of carbonyl (C=O) groups is 1. The lowest BCUT2D eigenvalue weighted by Gasteiger charge is -2.10. The number of carbonyl (C=O) groups excluding carboxylic acids is 1. The van der Waals surface area contributed by atoms with Gasteiger partial charge in [0.15, 0.2) is 0 Å². The van der Waals surface area contributed by atoms with Crippen LogP contribution in [0.15, 0.2) is 21.3 Å². The van der Waals surface area contributed by atoms with Crippen molar-refractivity contribution in [1.82, 2.24) is 15.6 Å². The number of likely N-dealkylation sites (N-methyl/N-ethyl adjacent to an activating group) is 1. The molecule has 0 saturated heterocycles. The zero-order valence-corrected chi connectivity index (χ0v) is 16.2. The van der Waals surface area contributed by atoms with E-state index >= 15 is 0 Å². The molecule has 0 radical (unpaired) electrons. The predicted octanol–water partition coefficient (Wildman–Crippen LogP) is 3.82. The van der Waals surface area contributed by atoms with Crippen LogP contribution >= 0.6 is 63.4 Å². The Morgan fingerprint density at radius 3 is 2.67 bits per heavy atom. The summed E-state index contributed by atoms with van der Waals surface area (Å²) in [6.07, 6.45) is 0. The number of rotatable bonds is 5. The molecule has 0 fully saturated rings.